The summed E-state index contributed by atoms with van der Waals surface area (Å²) in [7, 11) is -1.43. The third kappa shape index (κ3) is 6.97. The van der Waals surface area contributed by atoms with E-state index in [-0.39, 0.29) is 30.6 Å². The standard InChI is InChI=1S/C22H20NO.C21H27N2Si.Ir/c1-14-12-19(23-13-18(14)22(2,3)4)17-10-7-9-16-15-8-5-6-11-20(15)24-21(16)17;1-7-22-16-23(20-14-9-8-13-19(20)22)18-12-10-11-17(15-18)21(2,3)24(4,5)6;/h5-9,11-13H,1-4H3;8-11,13-15H,7H2,1-6H3;/q2*-1;+3/i1D3;7D2;. The Morgan fingerprint density at radius 2 is 1.63 bits per heavy atom. The fourth-order valence-corrected chi connectivity index (χ4v) is 6.90. The first-order chi connectivity index (χ1) is 24.6. The zero-order valence-electron chi connectivity index (χ0n) is 34.7. The second-order valence-electron chi connectivity index (χ2n) is 14.9. The summed E-state index contributed by atoms with van der Waals surface area (Å²) in [4.78, 5) is 4.57. The molecule has 252 valence electrons. The van der Waals surface area contributed by atoms with Gasteiger partial charge in [0.2, 0.25) is 6.33 Å². The van der Waals surface area contributed by atoms with E-state index in [4.69, 9.17) is 11.3 Å². The van der Waals surface area contributed by atoms with E-state index in [1.54, 1.807) is 23.8 Å². The number of hydrogen-bond acceptors (Lipinski definition) is 2. The predicted molar refractivity (Wildman–Crippen MR) is 202 cm³/mol. The van der Waals surface area contributed by atoms with Gasteiger partial charge in [-0.05, 0) is 41.6 Å². The molecule has 3 heterocycles. The second-order valence-corrected chi connectivity index (χ2v) is 20.6. The molecule has 0 fully saturated rings. The normalized spacial score (nSPS) is 14.3. The molecule has 49 heavy (non-hydrogen) atoms. The maximum Gasteiger partial charge on any atom is 3.00 e. The summed E-state index contributed by atoms with van der Waals surface area (Å²) in [5.74, 6) is 0. The minimum Gasteiger partial charge on any atom is -0.501 e. The van der Waals surface area contributed by atoms with E-state index in [1.165, 1.54) is 5.56 Å². The van der Waals surface area contributed by atoms with Crippen LogP contribution in [0.5, 0.6) is 0 Å². The van der Waals surface area contributed by atoms with Crippen LogP contribution in [0.3, 0.4) is 0 Å². The summed E-state index contributed by atoms with van der Waals surface area (Å²) < 4.78 is 49.7. The molecule has 0 saturated carbocycles. The van der Waals surface area contributed by atoms with Gasteiger partial charge in [0.05, 0.1) is 33.9 Å². The molecule has 7 aromatic rings. The number of pyridine rings is 1. The third-order valence-corrected chi connectivity index (χ3v) is 13.8. The largest absolute Gasteiger partial charge is 3.00 e. The van der Waals surface area contributed by atoms with E-state index in [2.05, 4.69) is 69.1 Å². The van der Waals surface area contributed by atoms with Crippen molar-refractivity contribution in [1.82, 2.24) is 9.55 Å². The van der Waals surface area contributed by atoms with Crippen molar-refractivity contribution in [3.8, 4) is 16.9 Å². The van der Waals surface area contributed by atoms with Gasteiger partial charge in [-0.3, -0.25) is 0 Å². The van der Waals surface area contributed by atoms with E-state index in [0.29, 0.717) is 22.4 Å². The number of aromatic nitrogens is 3. The number of fused-ring (bicyclic) bond motifs is 4. The van der Waals surface area contributed by atoms with Gasteiger partial charge in [0.25, 0.3) is 0 Å². The van der Waals surface area contributed by atoms with Gasteiger partial charge in [-0.1, -0.05) is 125 Å². The van der Waals surface area contributed by atoms with Crippen LogP contribution in [0.4, 0.5) is 0 Å². The van der Waals surface area contributed by atoms with Crippen molar-refractivity contribution < 1.29 is 35.9 Å². The van der Waals surface area contributed by atoms with Crippen LogP contribution in [-0.2, 0) is 37.1 Å². The number of aryl methyl sites for hydroxylation is 2. The van der Waals surface area contributed by atoms with Crippen LogP contribution in [0, 0.1) is 25.3 Å². The van der Waals surface area contributed by atoms with E-state index < -0.39 is 21.4 Å². The molecule has 0 radical (unpaired) electrons. The van der Waals surface area contributed by atoms with E-state index in [0.717, 1.165) is 38.6 Å². The van der Waals surface area contributed by atoms with E-state index in [1.807, 2.05) is 92.1 Å². The molecule has 0 amide bonds. The molecule has 0 unspecified atom stereocenters. The van der Waals surface area contributed by atoms with Gasteiger partial charge < -0.3 is 18.5 Å². The molecule has 0 saturated heterocycles. The van der Waals surface area contributed by atoms with Crippen molar-refractivity contribution in [1.29, 1.82) is 0 Å². The van der Waals surface area contributed by atoms with Crippen molar-refractivity contribution >= 4 is 41.0 Å². The number of imidazole rings is 1. The molecular formula is C43H47IrN3OSi+. The zero-order chi connectivity index (χ0) is 38.7. The van der Waals surface area contributed by atoms with Gasteiger partial charge in [-0.2, -0.15) is 29.8 Å². The van der Waals surface area contributed by atoms with Gasteiger partial charge >= 0.3 is 20.1 Å². The first-order valence-corrected chi connectivity index (χ1v) is 19.9. The maximum absolute atomic E-state index is 8.13. The molecule has 3 aromatic heterocycles. The molecule has 0 spiro atoms. The van der Waals surface area contributed by atoms with Crippen LogP contribution in [0.2, 0.25) is 19.6 Å². The fraction of sp³-hybridized carbons (Fsp3) is 0.302. The average molecular weight is 847 g/mol. The summed E-state index contributed by atoms with van der Waals surface area (Å²) in [6.07, 6.45) is 4.87. The maximum atomic E-state index is 8.13. The van der Waals surface area contributed by atoms with Crippen molar-refractivity contribution in [3.05, 3.63) is 126 Å². The minimum absolute atomic E-state index is 0. The monoisotopic (exact) mass is 847 g/mol. The number of hydrogen-bond donors (Lipinski definition) is 0. The summed E-state index contributed by atoms with van der Waals surface area (Å²) in [6.45, 7) is 15.6. The van der Waals surface area contributed by atoms with Crippen LogP contribution in [0.15, 0.2) is 95.5 Å². The minimum atomic E-state index is -2.22. The molecule has 4 nitrogen and oxygen atoms in total. The Kier molecular flexibility index (Phi) is 8.47. The molecule has 0 aliphatic rings. The van der Waals surface area contributed by atoms with Crippen LogP contribution >= 0.6 is 0 Å². The van der Waals surface area contributed by atoms with Crippen molar-refractivity contribution in [2.45, 2.75) is 85.0 Å². The SMILES string of the molecule is [2H]C([2H])(C)[n+]1[c-]n(-c2[c-]ccc(C(C)(C)[Si](C)(C)C)c2)c2ccccc21.[2H]C([2H])([2H])c1cc(-c2[c-]ccc3c2oc2ccccc23)ncc1C(C)(C)C.[Ir+3]. The van der Waals surface area contributed by atoms with Crippen molar-refractivity contribution in [2.75, 3.05) is 0 Å². The number of nitrogens with zero attached hydrogens (tertiary/aromatic N) is 3. The van der Waals surface area contributed by atoms with Crippen LogP contribution in [0.1, 0.15) is 65.1 Å². The van der Waals surface area contributed by atoms with Crippen LogP contribution in [-0.4, -0.2) is 17.6 Å². The Morgan fingerprint density at radius 3 is 2.35 bits per heavy atom. The average Bonchev–Trinajstić information content (AvgIpc) is 3.67. The third-order valence-electron chi connectivity index (χ3n) is 9.72. The molecule has 0 atom stereocenters. The number of furan rings is 1. The summed E-state index contributed by atoms with van der Waals surface area (Å²) in [5, 5.41) is 2.11. The Morgan fingerprint density at radius 1 is 0.918 bits per heavy atom. The Balaban J connectivity index is 0.000000204. The molecule has 7 rings (SSSR count). The predicted octanol–water partition coefficient (Wildman–Crippen LogP) is 10.7. The second kappa shape index (κ2) is 13.8. The Bertz CT molecular complexity index is 2450. The van der Waals surface area contributed by atoms with E-state index in [9.17, 15) is 0 Å². The van der Waals surface area contributed by atoms with Crippen LogP contribution < -0.4 is 4.57 Å². The fourth-order valence-electron chi connectivity index (χ4n) is 5.88. The molecule has 0 aliphatic carbocycles. The molecule has 0 aliphatic heterocycles. The number of para-hydroxylation sites is 3. The van der Waals surface area contributed by atoms with Gasteiger partial charge in [0, 0.05) is 15.7 Å². The summed E-state index contributed by atoms with van der Waals surface area (Å²) in [5.41, 5.74) is 7.36. The number of rotatable bonds is 5. The van der Waals surface area contributed by atoms with Crippen molar-refractivity contribution in [3.63, 3.8) is 0 Å². The van der Waals surface area contributed by atoms with Gasteiger partial charge in [-0.15, -0.1) is 18.2 Å². The van der Waals surface area contributed by atoms with Gasteiger partial charge in [0.1, 0.15) is 5.58 Å². The smallest absolute Gasteiger partial charge is 0.501 e. The Labute approximate surface area is 313 Å². The molecular weight excluding hydrogens is 795 g/mol. The van der Waals surface area contributed by atoms with Crippen LogP contribution in [0.25, 0.3) is 49.9 Å². The quantitative estimate of drug-likeness (QED) is 0.0983. The molecule has 0 bridgehead atoms. The zero-order valence-corrected chi connectivity index (χ0v) is 33.1. The topological polar surface area (TPSA) is 34.8 Å². The Hall–Kier alpha value is -3.83. The molecule has 4 aromatic carbocycles. The summed E-state index contributed by atoms with van der Waals surface area (Å²) in [6, 6.07) is 33.9. The molecule has 6 heteroatoms. The van der Waals surface area contributed by atoms with Gasteiger partial charge in [0.15, 0.2) is 0 Å². The molecule has 0 N–H and O–H groups in total. The van der Waals surface area contributed by atoms with Gasteiger partial charge in [-0.25, -0.2) is 0 Å². The summed E-state index contributed by atoms with van der Waals surface area (Å²) >= 11 is 0. The van der Waals surface area contributed by atoms with E-state index >= 15 is 0 Å². The first-order valence-electron chi connectivity index (χ1n) is 18.9. The first kappa shape index (κ1) is 30.0. The van der Waals surface area contributed by atoms with Crippen molar-refractivity contribution in [2.24, 2.45) is 0 Å². The number of benzene rings is 4.